The van der Waals surface area contributed by atoms with Crippen molar-refractivity contribution in [3.8, 4) is 11.5 Å². The zero-order chi connectivity index (χ0) is 45.2. The van der Waals surface area contributed by atoms with Crippen molar-refractivity contribution >= 4 is 95.7 Å². The Morgan fingerprint density at radius 3 is 1.82 bits per heavy atom. The fourth-order valence-electron chi connectivity index (χ4n) is 4.68. The molecule has 3 aromatic heterocycles. The Morgan fingerprint density at radius 1 is 0.790 bits per heavy atom. The Bertz CT molecular complexity index is 2400. The van der Waals surface area contributed by atoms with Crippen LogP contribution in [0, 0.1) is 11.8 Å². The summed E-state index contributed by atoms with van der Waals surface area (Å²) in [4.78, 5) is 75.6. The van der Waals surface area contributed by atoms with Gasteiger partial charge in [0.2, 0.25) is 33.7 Å². The fourth-order valence-corrected chi connectivity index (χ4v) is 7.84. The molecule has 0 radical (unpaired) electrons. The summed E-state index contributed by atoms with van der Waals surface area (Å²) in [6.07, 6.45) is 3.14. The highest BCUT2D eigenvalue weighted by Crippen LogP contribution is 2.36. The number of nitrogens with one attached hydrogen (secondary N) is 6. The number of carboxylic acid groups (broad SMARTS) is 1. The van der Waals surface area contributed by atoms with Gasteiger partial charge < -0.3 is 40.8 Å². The van der Waals surface area contributed by atoms with Crippen LogP contribution in [0.15, 0.2) is 75.7 Å². The van der Waals surface area contributed by atoms with Gasteiger partial charge in [0.15, 0.2) is 15.4 Å². The molecule has 0 atom stereocenters. The molecule has 0 aliphatic heterocycles. The van der Waals surface area contributed by atoms with Crippen LogP contribution < -0.4 is 35.5 Å². The van der Waals surface area contributed by atoms with Crippen LogP contribution in [0.25, 0.3) is 0 Å². The SMILES string of the molecule is CC(C)COc1ccccc1NC(=O)CC(=O)Nc1nc(CC(=O)O)c(Sc2ncc[nH]2)s1.CC(C)COc1ccccc1NC(=O)CC(=O)Nc1nc(CNS(C)(=O)=O)cs1. The molecule has 19 nitrogen and oxygen atoms in total. The van der Waals surface area contributed by atoms with E-state index in [1.807, 2.05) is 27.7 Å². The number of aromatic amines is 1. The van der Waals surface area contributed by atoms with Gasteiger partial charge in [-0.3, -0.25) is 24.0 Å². The Labute approximate surface area is 370 Å². The summed E-state index contributed by atoms with van der Waals surface area (Å²) in [5, 5.41) is 22.3. The van der Waals surface area contributed by atoms with Crippen molar-refractivity contribution < 1.29 is 47.0 Å². The van der Waals surface area contributed by atoms with E-state index in [4.69, 9.17) is 14.6 Å². The third-order valence-corrected chi connectivity index (χ3v) is 10.9. The number of carbonyl (C=O) groups excluding carboxylic acids is 4. The molecule has 23 heteroatoms. The third-order valence-electron chi connectivity index (χ3n) is 7.31. The summed E-state index contributed by atoms with van der Waals surface area (Å²) in [7, 11) is -3.33. The Morgan fingerprint density at radius 2 is 1.32 bits per heavy atom. The molecular formula is C39H47N9O10S4. The zero-order valence-electron chi connectivity index (χ0n) is 34.3. The van der Waals surface area contributed by atoms with Crippen LogP contribution in [-0.4, -0.2) is 82.5 Å². The molecule has 5 aromatic rings. The third kappa shape index (κ3) is 18.0. The minimum Gasteiger partial charge on any atom is -0.491 e. The van der Waals surface area contributed by atoms with Crippen molar-refractivity contribution in [2.24, 2.45) is 11.8 Å². The number of rotatable bonds is 21. The first kappa shape index (κ1) is 48.8. The molecule has 332 valence electrons. The van der Waals surface area contributed by atoms with E-state index in [0.717, 1.165) is 28.9 Å². The fraction of sp³-hybridized carbons (Fsp3) is 0.333. The number of para-hydroxylation sites is 4. The molecule has 62 heavy (non-hydrogen) atoms. The predicted octanol–water partition coefficient (Wildman–Crippen LogP) is 5.84. The normalized spacial score (nSPS) is 11.0. The number of H-pyrrole nitrogens is 1. The minimum atomic E-state index is -3.33. The van der Waals surface area contributed by atoms with E-state index in [1.165, 1.54) is 11.8 Å². The number of aliphatic carboxylic acids is 1. The molecule has 7 N–H and O–H groups in total. The smallest absolute Gasteiger partial charge is 0.309 e. The molecule has 3 heterocycles. The second-order valence-corrected chi connectivity index (χ2v) is 19.0. The maximum atomic E-state index is 12.4. The number of ether oxygens (including phenoxy) is 2. The molecule has 0 saturated heterocycles. The van der Waals surface area contributed by atoms with Gasteiger partial charge in [-0.1, -0.05) is 63.3 Å². The van der Waals surface area contributed by atoms with Crippen molar-refractivity contribution in [2.75, 3.05) is 40.7 Å². The van der Waals surface area contributed by atoms with Crippen LogP contribution in [0.2, 0.25) is 0 Å². The lowest BCUT2D eigenvalue weighted by molar-refractivity contribution is -0.136. The second kappa shape index (κ2) is 23.9. The molecule has 0 bridgehead atoms. The van der Waals surface area contributed by atoms with Gasteiger partial charge >= 0.3 is 5.97 Å². The van der Waals surface area contributed by atoms with Crippen molar-refractivity contribution in [1.82, 2.24) is 24.7 Å². The average molecular weight is 930 g/mol. The molecular weight excluding hydrogens is 883 g/mol. The van der Waals surface area contributed by atoms with Crippen LogP contribution in [0.1, 0.15) is 51.9 Å². The molecule has 0 saturated carbocycles. The Kier molecular flexibility index (Phi) is 18.8. The largest absolute Gasteiger partial charge is 0.491 e. The molecule has 0 aliphatic carbocycles. The first-order valence-electron chi connectivity index (χ1n) is 18.8. The maximum Gasteiger partial charge on any atom is 0.309 e. The number of thiazole rings is 2. The zero-order valence-corrected chi connectivity index (χ0v) is 37.6. The summed E-state index contributed by atoms with van der Waals surface area (Å²) in [6, 6.07) is 14.0. The van der Waals surface area contributed by atoms with Crippen molar-refractivity contribution in [1.29, 1.82) is 0 Å². The Balaban J connectivity index is 0.000000275. The van der Waals surface area contributed by atoms with Crippen LogP contribution in [-0.2, 0) is 47.0 Å². The lowest BCUT2D eigenvalue weighted by Crippen LogP contribution is -2.22. The number of benzene rings is 2. The van der Waals surface area contributed by atoms with E-state index < -0.39 is 52.5 Å². The molecule has 0 unspecified atom stereocenters. The Hall–Kier alpha value is -5.88. The molecule has 0 spiro atoms. The number of carboxylic acids is 1. The van der Waals surface area contributed by atoms with Gasteiger partial charge in [0.05, 0.1) is 59.4 Å². The standard InChI is InChI=1S/C21H23N5O5S2.C18H24N4O5S2/c1-12(2)11-31-15-6-4-3-5-13(15)24-16(27)10-17(28)26-21-25-14(9-18(29)30)19(33-21)32-20-22-7-8-23-20;1-12(2)10-27-15-7-5-4-6-14(15)21-16(23)8-17(24)22-18-20-13(11-28-18)9-19-29(3,25)26/h3-8,12H,9-11H2,1-2H3,(H,22,23)(H,24,27)(H,29,30)(H,25,26,28);4-7,11-12,19H,8-10H2,1-3H3,(H,21,23)(H,20,22,24). The highest BCUT2D eigenvalue weighted by atomic mass is 32.2. The van der Waals surface area contributed by atoms with E-state index in [1.54, 1.807) is 66.3 Å². The van der Waals surface area contributed by atoms with Gasteiger partial charge in [-0.15, -0.1) is 11.3 Å². The van der Waals surface area contributed by atoms with E-state index in [0.29, 0.717) is 68.7 Å². The summed E-state index contributed by atoms with van der Waals surface area (Å²) >= 11 is 3.47. The monoisotopic (exact) mass is 929 g/mol. The number of hydrogen-bond donors (Lipinski definition) is 7. The molecule has 2 aromatic carbocycles. The number of imidazole rings is 1. The average Bonchev–Trinajstić information content (AvgIpc) is 3.95. The van der Waals surface area contributed by atoms with Crippen LogP contribution in [0.3, 0.4) is 0 Å². The van der Waals surface area contributed by atoms with E-state index >= 15 is 0 Å². The van der Waals surface area contributed by atoms with Crippen LogP contribution in [0.5, 0.6) is 11.5 Å². The quantitative estimate of drug-likeness (QED) is 0.0426. The van der Waals surface area contributed by atoms with Gasteiger partial charge in [-0.25, -0.2) is 28.1 Å². The number of hydrogen-bond acceptors (Lipinski definition) is 15. The highest BCUT2D eigenvalue weighted by molar-refractivity contribution is 8.01. The lowest BCUT2D eigenvalue weighted by Gasteiger charge is -2.13. The number of sulfonamides is 1. The van der Waals surface area contributed by atoms with Crippen molar-refractivity contribution in [3.05, 3.63) is 77.7 Å². The van der Waals surface area contributed by atoms with Crippen molar-refractivity contribution in [2.45, 2.75) is 62.9 Å². The minimum absolute atomic E-state index is 0.0266. The van der Waals surface area contributed by atoms with Gasteiger partial charge in [-0.05, 0) is 47.9 Å². The summed E-state index contributed by atoms with van der Waals surface area (Å²) in [6.45, 7) is 9.11. The number of anilines is 4. The first-order valence-corrected chi connectivity index (χ1v) is 23.2. The van der Waals surface area contributed by atoms with Crippen LogP contribution in [0.4, 0.5) is 21.6 Å². The van der Waals surface area contributed by atoms with Gasteiger partial charge in [-0.2, -0.15) is 0 Å². The lowest BCUT2D eigenvalue weighted by atomic mass is 10.2. The van der Waals surface area contributed by atoms with Gasteiger partial charge in [0.1, 0.15) is 24.3 Å². The number of amides is 4. The van der Waals surface area contributed by atoms with E-state index in [9.17, 15) is 32.4 Å². The van der Waals surface area contributed by atoms with E-state index in [2.05, 4.69) is 45.9 Å². The topological polar surface area (TPSA) is 273 Å². The molecule has 0 fully saturated rings. The van der Waals surface area contributed by atoms with Gasteiger partial charge in [0.25, 0.3) is 0 Å². The number of aromatic nitrogens is 4. The van der Waals surface area contributed by atoms with Crippen LogP contribution >= 0.6 is 34.4 Å². The molecule has 4 amide bonds. The summed E-state index contributed by atoms with van der Waals surface area (Å²) in [5.41, 5.74) is 1.75. The predicted molar refractivity (Wildman–Crippen MR) is 237 cm³/mol. The van der Waals surface area contributed by atoms with E-state index in [-0.39, 0.29) is 23.2 Å². The number of nitrogens with zero attached hydrogens (tertiary/aromatic N) is 3. The second-order valence-electron chi connectivity index (χ2n) is 14.0. The highest BCUT2D eigenvalue weighted by Gasteiger charge is 2.20. The first-order chi connectivity index (χ1) is 29.4. The summed E-state index contributed by atoms with van der Waals surface area (Å²) < 4.78 is 36.5. The summed E-state index contributed by atoms with van der Waals surface area (Å²) in [5.74, 6) is -1.43. The molecule has 0 aliphatic rings. The van der Waals surface area contributed by atoms with Crippen molar-refractivity contribution in [3.63, 3.8) is 0 Å². The van der Waals surface area contributed by atoms with Gasteiger partial charge in [0, 0.05) is 17.8 Å². The number of carbonyl (C=O) groups is 5. The molecule has 5 rings (SSSR count). The maximum absolute atomic E-state index is 12.4.